The third kappa shape index (κ3) is 2.67. The summed E-state index contributed by atoms with van der Waals surface area (Å²) in [5.74, 6) is -2.36. The largest absolute Gasteiger partial charge is 0.507 e. The Morgan fingerprint density at radius 3 is 2.11 bits per heavy atom. The van der Waals surface area contributed by atoms with E-state index in [4.69, 9.17) is 0 Å². The van der Waals surface area contributed by atoms with Crippen LogP contribution in [-0.4, -0.2) is 5.11 Å². The average molecular weight is 274 g/mol. The average Bonchev–Trinajstić information content (AvgIpc) is 2.31. The number of aromatic hydroxyl groups is 1. The van der Waals surface area contributed by atoms with Gasteiger partial charge in [-0.05, 0) is 36.4 Å². The van der Waals surface area contributed by atoms with Gasteiger partial charge in [-0.2, -0.15) is 13.2 Å². The normalized spacial score (nSPS) is 11.6. The molecule has 2 aromatic rings. The predicted molar refractivity (Wildman–Crippen MR) is 58.5 cm³/mol. The molecular formula is C13H7F5O. The van der Waals surface area contributed by atoms with E-state index in [1.54, 1.807) is 0 Å². The van der Waals surface area contributed by atoms with Gasteiger partial charge in [-0.3, -0.25) is 0 Å². The Labute approximate surface area is 104 Å². The summed E-state index contributed by atoms with van der Waals surface area (Å²) in [5, 5.41) is 9.53. The molecule has 100 valence electrons. The number of benzene rings is 2. The maximum Gasteiger partial charge on any atom is 0.416 e. The lowest BCUT2D eigenvalue weighted by Gasteiger charge is -2.10. The van der Waals surface area contributed by atoms with Crippen molar-refractivity contribution in [2.45, 2.75) is 6.18 Å². The predicted octanol–water partition coefficient (Wildman–Crippen LogP) is 4.36. The highest BCUT2D eigenvalue weighted by molar-refractivity contribution is 5.71. The van der Waals surface area contributed by atoms with Gasteiger partial charge in [0.15, 0.2) is 0 Å². The third-order valence-electron chi connectivity index (χ3n) is 2.54. The molecule has 0 heterocycles. The number of alkyl halides is 3. The fraction of sp³-hybridized carbons (Fsp3) is 0.0769. The summed E-state index contributed by atoms with van der Waals surface area (Å²) in [6.45, 7) is 0. The summed E-state index contributed by atoms with van der Waals surface area (Å²) >= 11 is 0. The van der Waals surface area contributed by atoms with E-state index in [0.29, 0.717) is 12.1 Å². The molecule has 0 unspecified atom stereocenters. The maximum atomic E-state index is 13.5. The molecule has 19 heavy (non-hydrogen) atoms. The molecule has 0 amide bonds. The first-order chi connectivity index (χ1) is 8.79. The Morgan fingerprint density at radius 1 is 0.842 bits per heavy atom. The van der Waals surface area contributed by atoms with Crippen LogP contribution in [0.1, 0.15) is 5.56 Å². The summed E-state index contributed by atoms with van der Waals surface area (Å²) in [7, 11) is 0. The standard InChI is InChI=1S/C13H7F5O/c14-8-2-4-11(15)10(6-8)9-3-1-7(5-12(9)19)13(16,17)18/h1-6,19H. The molecule has 0 radical (unpaired) electrons. The van der Waals surface area contributed by atoms with Crippen LogP contribution in [0.3, 0.4) is 0 Å². The molecule has 0 saturated heterocycles. The van der Waals surface area contributed by atoms with E-state index in [2.05, 4.69) is 0 Å². The van der Waals surface area contributed by atoms with Gasteiger partial charge in [-0.25, -0.2) is 8.78 Å². The van der Waals surface area contributed by atoms with Crippen LogP contribution in [0.25, 0.3) is 11.1 Å². The molecule has 0 aromatic heterocycles. The third-order valence-corrected chi connectivity index (χ3v) is 2.54. The van der Waals surface area contributed by atoms with Crippen LogP contribution in [0.4, 0.5) is 22.0 Å². The van der Waals surface area contributed by atoms with Crippen LogP contribution in [0.2, 0.25) is 0 Å². The van der Waals surface area contributed by atoms with Gasteiger partial charge in [0, 0.05) is 11.1 Å². The Balaban J connectivity index is 2.55. The molecule has 0 aliphatic rings. The number of rotatable bonds is 1. The van der Waals surface area contributed by atoms with E-state index in [0.717, 1.165) is 24.3 Å². The van der Waals surface area contributed by atoms with E-state index in [1.807, 2.05) is 0 Å². The summed E-state index contributed by atoms with van der Waals surface area (Å²) in [5.41, 5.74) is -1.57. The molecule has 6 heteroatoms. The number of phenols is 1. The fourth-order valence-corrected chi connectivity index (χ4v) is 1.64. The van der Waals surface area contributed by atoms with Crippen LogP contribution in [-0.2, 0) is 6.18 Å². The lowest BCUT2D eigenvalue weighted by Crippen LogP contribution is -2.04. The van der Waals surface area contributed by atoms with Gasteiger partial charge in [-0.15, -0.1) is 0 Å². The van der Waals surface area contributed by atoms with E-state index < -0.39 is 29.1 Å². The van der Waals surface area contributed by atoms with E-state index in [1.165, 1.54) is 0 Å². The zero-order valence-corrected chi connectivity index (χ0v) is 9.30. The van der Waals surface area contributed by atoms with E-state index in [-0.39, 0.29) is 11.1 Å². The highest BCUT2D eigenvalue weighted by Gasteiger charge is 2.31. The van der Waals surface area contributed by atoms with Crippen molar-refractivity contribution in [1.29, 1.82) is 0 Å². The number of hydrogen-bond donors (Lipinski definition) is 1. The van der Waals surface area contributed by atoms with Crippen LogP contribution < -0.4 is 0 Å². The van der Waals surface area contributed by atoms with Crippen molar-refractivity contribution >= 4 is 0 Å². The fourth-order valence-electron chi connectivity index (χ4n) is 1.64. The highest BCUT2D eigenvalue weighted by Crippen LogP contribution is 2.37. The molecule has 1 nitrogen and oxygen atoms in total. The molecule has 0 bridgehead atoms. The molecule has 0 spiro atoms. The summed E-state index contributed by atoms with van der Waals surface area (Å²) in [6.07, 6.45) is -4.61. The van der Waals surface area contributed by atoms with Gasteiger partial charge in [-0.1, -0.05) is 0 Å². The van der Waals surface area contributed by atoms with Crippen LogP contribution in [0.5, 0.6) is 5.75 Å². The van der Waals surface area contributed by atoms with Gasteiger partial charge >= 0.3 is 6.18 Å². The molecule has 1 N–H and O–H groups in total. The van der Waals surface area contributed by atoms with Gasteiger partial charge < -0.3 is 5.11 Å². The SMILES string of the molecule is Oc1cc(C(F)(F)F)ccc1-c1cc(F)ccc1F. The minimum absolute atomic E-state index is 0.204. The van der Waals surface area contributed by atoms with Gasteiger partial charge in [0.25, 0.3) is 0 Å². The van der Waals surface area contributed by atoms with Crippen molar-refractivity contribution in [2.24, 2.45) is 0 Å². The monoisotopic (exact) mass is 274 g/mol. The number of phenolic OH excluding ortho intramolecular Hbond substituents is 1. The first kappa shape index (κ1) is 13.3. The molecule has 2 aromatic carbocycles. The van der Waals surface area contributed by atoms with Gasteiger partial charge in [0.05, 0.1) is 5.56 Å². The van der Waals surface area contributed by atoms with Gasteiger partial charge in [0.1, 0.15) is 17.4 Å². The minimum Gasteiger partial charge on any atom is -0.507 e. The molecule has 0 saturated carbocycles. The second-order valence-electron chi connectivity index (χ2n) is 3.85. The molecule has 2 rings (SSSR count). The summed E-state index contributed by atoms with van der Waals surface area (Å²) in [6, 6.07) is 4.58. The zero-order valence-electron chi connectivity index (χ0n) is 9.30. The van der Waals surface area contributed by atoms with Crippen molar-refractivity contribution in [1.82, 2.24) is 0 Å². The smallest absolute Gasteiger partial charge is 0.416 e. The molecule has 0 fully saturated rings. The lowest BCUT2D eigenvalue weighted by atomic mass is 10.0. The van der Waals surface area contributed by atoms with Crippen LogP contribution in [0, 0.1) is 11.6 Å². The topological polar surface area (TPSA) is 20.2 Å². The van der Waals surface area contributed by atoms with Crippen LogP contribution in [0.15, 0.2) is 36.4 Å². The Bertz CT molecular complexity index is 619. The van der Waals surface area contributed by atoms with Crippen LogP contribution >= 0.6 is 0 Å². The molecule has 0 aliphatic carbocycles. The first-order valence-corrected chi connectivity index (χ1v) is 5.14. The molecule has 0 aliphatic heterocycles. The number of halogens is 5. The highest BCUT2D eigenvalue weighted by atomic mass is 19.4. The second kappa shape index (κ2) is 4.53. The maximum absolute atomic E-state index is 13.5. The van der Waals surface area contributed by atoms with Gasteiger partial charge in [0.2, 0.25) is 0 Å². The van der Waals surface area contributed by atoms with Crippen molar-refractivity contribution in [3.63, 3.8) is 0 Å². The van der Waals surface area contributed by atoms with E-state index >= 15 is 0 Å². The van der Waals surface area contributed by atoms with Crippen molar-refractivity contribution in [2.75, 3.05) is 0 Å². The lowest BCUT2D eigenvalue weighted by molar-refractivity contribution is -0.137. The van der Waals surface area contributed by atoms with Crippen molar-refractivity contribution in [3.05, 3.63) is 53.6 Å². The Morgan fingerprint density at radius 2 is 1.53 bits per heavy atom. The Hall–Kier alpha value is -2.11. The molecular weight excluding hydrogens is 267 g/mol. The number of hydrogen-bond acceptors (Lipinski definition) is 1. The first-order valence-electron chi connectivity index (χ1n) is 5.14. The minimum atomic E-state index is -4.61. The zero-order chi connectivity index (χ0) is 14.2. The summed E-state index contributed by atoms with van der Waals surface area (Å²) in [4.78, 5) is 0. The van der Waals surface area contributed by atoms with Crippen molar-refractivity contribution in [3.8, 4) is 16.9 Å². The quantitative estimate of drug-likeness (QED) is 0.766. The summed E-state index contributed by atoms with van der Waals surface area (Å²) < 4.78 is 63.7. The van der Waals surface area contributed by atoms with E-state index in [9.17, 15) is 27.1 Å². The second-order valence-corrected chi connectivity index (χ2v) is 3.85. The molecule has 0 atom stereocenters. The Kier molecular flexibility index (Phi) is 3.18. The van der Waals surface area contributed by atoms with Crippen molar-refractivity contribution < 1.29 is 27.1 Å².